The lowest BCUT2D eigenvalue weighted by molar-refractivity contribution is -0.146. The fourth-order valence-electron chi connectivity index (χ4n) is 2.00. The monoisotopic (exact) mass is 391 g/mol. The minimum atomic E-state index is -1.11. The summed E-state index contributed by atoms with van der Waals surface area (Å²) in [5, 5.41) is 6.27. The minimum Gasteiger partial charge on any atom is -0.465 e. The van der Waals surface area contributed by atoms with Crippen LogP contribution in [-0.2, 0) is 28.6 Å². The fourth-order valence-corrected chi connectivity index (χ4v) is 2.00. The molecule has 2 amide bonds. The first-order chi connectivity index (χ1) is 13.3. The van der Waals surface area contributed by atoms with E-state index in [9.17, 15) is 19.2 Å². The van der Waals surface area contributed by atoms with Gasteiger partial charge in [0, 0.05) is 5.69 Å². The van der Waals surface area contributed by atoms with Crippen molar-refractivity contribution in [3.63, 3.8) is 0 Å². The molecule has 10 nitrogen and oxygen atoms in total. The van der Waals surface area contributed by atoms with Crippen LogP contribution in [0.15, 0.2) is 46.6 Å². The van der Waals surface area contributed by atoms with E-state index in [4.69, 9.17) is 4.74 Å². The SMILES string of the molecule is CCOC(=O)C(=C(C(=O)OC)C(=O)OC)/C(C)=N/NC(=O)Nc1ccccc1. The van der Waals surface area contributed by atoms with Gasteiger partial charge in [-0.05, 0) is 26.0 Å². The molecule has 0 saturated carbocycles. The Hall–Kier alpha value is -3.69. The summed E-state index contributed by atoms with van der Waals surface area (Å²) in [5.41, 5.74) is 1.34. The van der Waals surface area contributed by atoms with Crippen LogP contribution < -0.4 is 10.7 Å². The number of carbonyl (C=O) groups excluding carboxylic acids is 4. The molecule has 0 aliphatic carbocycles. The zero-order valence-corrected chi connectivity index (χ0v) is 15.9. The number of hydrogen-bond acceptors (Lipinski definition) is 8. The van der Waals surface area contributed by atoms with E-state index in [-0.39, 0.29) is 12.3 Å². The Balaban J connectivity index is 3.21. The number of nitrogens with one attached hydrogen (secondary N) is 2. The van der Waals surface area contributed by atoms with E-state index in [2.05, 4.69) is 25.3 Å². The topological polar surface area (TPSA) is 132 Å². The number of para-hydroxylation sites is 1. The first-order valence-electron chi connectivity index (χ1n) is 8.10. The van der Waals surface area contributed by atoms with Crippen LogP contribution in [-0.4, -0.2) is 50.5 Å². The molecule has 150 valence electrons. The van der Waals surface area contributed by atoms with Gasteiger partial charge in [0.1, 0.15) is 5.57 Å². The normalized spacial score (nSPS) is 10.4. The first kappa shape index (κ1) is 22.4. The van der Waals surface area contributed by atoms with Crippen molar-refractivity contribution < 1.29 is 33.4 Å². The van der Waals surface area contributed by atoms with Gasteiger partial charge in [0.15, 0.2) is 5.57 Å². The Morgan fingerprint density at radius 1 is 0.929 bits per heavy atom. The van der Waals surface area contributed by atoms with E-state index in [1.54, 1.807) is 37.3 Å². The molecule has 0 aromatic heterocycles. The van der Waals surface area contributed by atoms with E-state index in [0.717, 1.165) is 14.2 Å². The van der Waals surface area contributed by atoms with Crippen LogP contribution in [0.5, 0.6) is 0 Å². The maximum absolute atomic E-state index is 12.3. The molecule has 0 aliphatic heterocycles. The summed E-state index contributed by atoms with van der Waals surface area (Å²) in [4.78, 5) is 48.2. The van der Waals surface area contributed by atoms with Gasteiger partial charge in [-0.3, -0.25) is 0 Å². The highest BCUT2D eigenvalue weighted by Crippen LogP contribution is 2.14. The molecule has 0 atom stereocenters. The number of carbonyl (C=O) groups is 4. The molecule has 2 N–H and O–H groups in total. The number of methoxy groups -OCH3 is 2. The van der Waals surface area contributed by atoms with Gasteiger partial charge in [-0.1, -0.05) is 18.2 Å². The highest BCUT2D eigenvalue weighted by Gasteiger charge is 2.31. The van der Waals surface area contributed by atoms with Crippen LogP contribution in [0.25, 0.3) is 0 Å². The van der Waals surface area contributed by atoms with Gasteiger partial charge in [-0.25, -0.2) is 24.6 Å². The number of nitrogens with zero attached hydrogens (tertiary/aromatic N) is 1. The molecule has 0 unspecified atom stereocenters. The Morgan fingerprint density at radius 3 is 2.00 bits per heavy atom. The number of urea groups is 1. The second-order valence-electron chi connectivity index (χ2n) is 5.08. The molecule has 0 aliphatic rings. The zero-order chi connectivity index (χ0) is 21.1. The number of esters is 3. The quantitative estimate of drug-likeness (QED) is 0.136. The molecular formula is C18H21N3O7. The van der Waals surface area contributed by atoms with Gasteiger partial charge in [-0.15, -0.1) is 0 Å². The number of benzene rings is 1. The summed E-state index contributed by atoms with van der Waals surface area (Å²) in [5.74, 6) is -3.23. The van der Waals surface area contributed by atoms with Gasteiger partial charge >= 0.3 is 23.9 Å². The second kappa shape index (κ2) is 11.1. The average Bonchev–Trinajstić information content (AvgIpc) is 2.69. The molecular weight excluding hydrogens is 370 g/mol. The molecule has 1 rings (SSSR count). The van der Waals surface area contributed by atoms with Crippen molar-refractivity contribution >= 4 is 35.3 Å². The third-order valence-corrected chi connectivity index (χ3v) is 3.23. The zero-order valence-electron chi connectivity index (χ0n) is 15.9. The predicted octanol–water partition coefficient (Wildman–Crippen LogP) is 1.39. The van der Waals surface area contributed by atoms with Crippen LogP contribution in [0, 0.1) is 0 Å². The van der Waals surface area contributed by atoms with Crippen molar-refractivity contribution in [2.24, 2.45) is 5.10 Å². The van der Waals surface area contributed by atoms with Crippen LogP contribution in [0.4, 0.5) is 10.5 Å². The molecule has 10 heteroatoms. The molecule has 1 aromatic rings. The van der Waals surface area contributed by atoms with Crippen molar-refractivity contribution in [2.45, 2.75) is 13.8 Å². The molecule has 0 spiro atoms. The molecule has 0 radical (unpaired) electrons. The lowest BCUT2D eigenvalue weighted by Crippen LogP contribution is -2.29. The van der Waals surface area contributed by atoms with E-state index in [0.29, 0.717) is 5.69 Å². The van der Waals surface area contributed by atoms with Crippen molar-refractivity contribution in [3.05, 3.63) is 41.5 Å². The summed E-state index contributed by atoms with van der Waals surface area (Å²) in [7, 11) is 2.07. The molecule has 0 saturated heterocycles. The van der Waals surface area contributed by atoms with Crippen LogP contribution in [0.2, 0.25) is 0 Å². The summed E-state index contributed by atoms with van der Waals surface area (Å²) in [6.45, 7) is 2.83. The van der Waals surface area contributed by atoms with Crippen LogP contribution in [0.1, 0.15) is 13.8 Å². The molecule has 1 aromatic carbocycles. The summed E-state index contributed by atoms with van der Waals surface area (Å²) >= 11 is 0. The van der Waals surface area contributed by atoms with E-state index >= 15 is 0 Å². The number of amides is 2. The van der Waals surface area contributed by atoms with E-state index < -0.39 is 35.1 Å². The fraction of sp³-hybridized carbons (Fsp3) is 0.278. The number of ether oxygens (including phenoxy) is 3. The number of hydrogen-bond donors (Lipinski definition) is 2. The average molecular weight is 391 g/mol. The standard InChI is InChI=1S/C18H21N3O7/c1-5-28-17(24)13(14(15(22)26-3)16(23)27-4)11(2)20-21-18(25)19-12-9-7-6-8-10-12/h6-10H,5H2,1-4H3,(H2,19,21,25)/b20-11+. The second-order valence-corrected chi connectivity index (χ2v) is 5.08. The van der Waals surface area contributed by atoms with Gasteiger partial charge in [0.2, 0.25) is 0 Å². The number of hydrazone groups is 1. The van der Waals surface area contributed by atoms with Gasteiger partial charge in [-0.2, -0.15) is 5.10 Å². The number of anilines is 1. The predicted molar refractivity (Wildman–Crippen MR) is 99.4 cm³/mol. The van der Waals surface area contributed by atoms with Gasteiger partial charge in [0.25, 0.3) is 0 Å². The Kier molecular flexibility index (Phi) is 8.87. The van der Waals surface area contributed by atoms with Crippen LogP contribution in [0.3, 0.4) is 0 Å². The Labute approximate surface area is 161 Å². The largest absolute Gasteiger partial charge is 0.465 e. The van der Waals surface area contributed by atoms with E-state index in [1.807, 2.05) is 0 Å². The first-order valence-corrected chi connectivity index (χ1v) is 8.10. The third-order valence-electron chi connectivity index (χ3n) is 3.23. The maximum atomic E-state index is 12.3. The third kappa shape index (κ3) is 6.24. The summed E-state index contributed by atoms with van der Waals surface area (Å²) < 4.78 is 14.0. The van der Waals surface area contributed by atoms with Crippen LogP contribution >= 0.6 is 0 Å². The van der Waals surface area contributed by atoms with Crippen molar-refractivity contribution in [1.82, 2.24) is 5.43 Å². The molecule has 28 heavy (non-hydrogen) atoms. The molecule has 0 heterocycles. The minimum absolute atomic E-state index is 0.0207. The molecule has 0 fully saturated rings. The Bertz CT molecular complexity index is 783. The Morgan fingerprint density at radius 2 is 1.50 bits per heavy atom. The van der Waals surface area contributed by atoms with Crippen molar-refractivity contribution in [1.29, 1.82) is 0 Å². The lowest BCUT2D eigenvalue weighted by Gasteiger charge is -2.12. The van der Waals surface area contributed by atoms with Crippen molar-refractivity contribution in [2.75, 3.05) is 26.1 Å². The lowest BCUT2D eigenvalue weighted by atomic mass is 10.0. The summed E-state index contributed by atoms with van der Waals surface area (Å²) in [6.07, 6.45) is 0. The number of rotatable bonds is 7. The van der Waals surface area contributed by atoms with Gasteiger partial charge in [0.05, 0.1) is 26.5 Å². The van der Waals surface area contributed by atoms with Crippen molar-refractivity contribution in [3.8, 4) is 0 Å². The van der Waals surface area contributed by atoms with E-state index in [1.165, 1.54) is 6.92 Å². The highest BCUT2D eigenvalue weighted by molar-refractivity contribution is 6.30. The summed E-state index contributed by atoms with van der Waals surface area (Å²) in [6, 6.07) is 7.85. The highest BCUT2D eigenvalue weighted by atomic mass is 16.5. The molecule has 0 bridgehead atoms. The van der Waals surface area contributed by atoms with Gasteiger partial charge < -0.3 is 19.5 Å². The maximum Gasteiger partial charge on any atom is 0.346 e. The smallest absolute Gasteiger partial charge is 0.346 e.